The summed E-state index contributed by atoms with van der Waals surface area (Å²) in [5.74, 6) is -0.403. The van der Waals surface area contributed by atoms with Crippen LogP contribution in [0.15, 0.2) is 54.6 Å². The van der Waals surface area contributed by atoms with E-state index in [-0.39, 0.29) is 29.9 Å². The molecule has 1 aromatic heterocycles. The number of ether oxygens (including phenoxy) is 1. The molecule has 0 radical (unpaired) electrons. The molecule has 3 N–H and O–H groups in total. The van der Waals surface area contributed by atoms with Crippen LogP contribution in [0.1, 0.15) is 54.1 Å². The summed E-state index contributed by atoms with van der Waals surface area (Å²) in [6.07, 6.45) is 1.06. The van der Waals surface area contributed by atoms with Gasteiger partial charge in [-0.25, -0.2) is 0 Å². The van der Waals surface area contributed by atoms with E-state index in [0.717, 1.165) is 22.9 Å². The minimum atomic E-state index is -1.46. The van der Waals surface area contributed by atoms with E-state index in [4.69, 9.17) is 4.74 Å². The molecular formula is C30H32N4O5. The first-order valence-corrected chi connectivity index (χ1v) is 13.3. The van der Waals surface area contributed by atoms with Crippen molar-refractivity contribution in [1.82, 2.24) is 15.2 Å². The number of aliphatic hydroxyl groups is 1. The number of likely N-dealkylation sites (tertiary alicyclic amines) is 1. The molecule has 39 heavy (non-hydrogen) atoms. The quantitative estimate of drug-likeness (QED) is 0.384. The summed E-state index contributed by atoms with van der Waals surface area (Å²) < 4.78 is 5.44. The number of aliphatic hydroxyl groups excluding tert-OH is 1. The number of nitrogens with zero attached hydrogens (tertiary/aromatic N) is 2. The Kier molecular flexibility index (Phi) is 7.66. The molecule has 0 bridgehead atoms. The van der Waals surface area contributed by atoms with Gasteiger partial charge in [0.2, 0.25) is 5.91 Å². The number of H-pyrrole nitrogens is 1. The zero-order valence-electron chi connectivity index (χ0n) is 21.8. The number of ketones is 1. The number of fused-ring (bicyclic) bond motifs is 1. The molecule has 2 aromatic carbocycles. The fourth-order valence-electron chi connectivity index (χ4n) is 5.93. The third-order valence-corrected chi connectivity index (χ3v) is 8.02. The highest BCUT2D eigenvalue weighted by atomic mass is 16.5. The van der Waals surface area contributed by atoms with Crippen molar-refractivity contribution in [2.75, 3.05) is 13.7 Å². The first kappa shape index (κ1) is 26.4. The second kappa shape index (κ2) is 11.3. The van der Waals surface area contributed by atoms with Crippen molar-refractivity contribution in [2.24, 2.45) is 5.92 Å². The zero-order chi connectivity index (χ0) is 27.5. The van der Waals surface area contributed by atoms with Gasteiger partial charge in [0, 0.05) is 35.7 Å². The van der Waals surface area contributed by atoms with E-state index in [2.05, 4.69) is 10.3 Å². The maximum atomic E-state index is 13.8. The van der Waals surface area contributed by atoms with Gasteiger partial charge in [-0.2, -0.15) is 5.26 Å². The fourth-order valence-corrected chi connectivity index (χ4v) is 5.93. The summed E-state index contributed by atoms with van der Waals surface area (Å²) in [6, 6.07) is 17.1. The normalized spacial score (nSPS) is 22.4. The molecule has 1 aliphatic carbocycles. The highest BCUT2D eigenvalue weighted by Gasteiger charge is 2.42. The minimum Gasteiger partial charge on any atom is -0.496 e. The molecule has 5 atom stereocenters. The summed E-state index contributed by atoms with van der Waals surface area (Å²) >= 11 is 0. The van der Waals surface area contributed by atoms with E-state index < -0.39 is 24.1 Å². The molecular weight excluding hydrogens is 496 g/mol. The second-order valence-corrected chi connectivity index (χ2v) is 10.4. The smallest absolute Gasteiger partial charge is 0.271 e. The molecule has 2 amide bonds. The van der Waals surface area contributed by atoms with Gasteiger partial charge in [-0.3, -0.25) is 14.4 Å². The van der Waals surface area contributed by atoms with Gasteiger partial charge < -0.3 is 25.0 Å². The molecule has 0 spiro atoms. The van der Waals surface area contributed by atoms with Crippen molar-refractivity contribution in [3.63, 3.8) is 0 Å². The monoisotopic (exact) mass is 528 g/mol. The number of aromatic nitrogens is 1. The number of hydrogen-bond donors (Lipinski definition) is 3. The third kappa shape index (κ3) is 5.38. The zero-order valence-corrected chi connectivity index (χ0v) is 21.8. The Hall–Kier alpha value is -4.16. The van der Waals surface area contributed by atoms with Crippen molar-refractivity contribution in [3.05, 3.63) is 65.9 Å². The van der Waals surface area contributed by atoms with Gasteiger partial charge in [0.25, 0.3) is 5.91 Å². The Morgan fingerprint density at radius 1 is 1.23 bits per heavy atom. The van der Waals surface area contributed by atoms with Crippen LogP contribution in [-0.4, -0.2) is 64.4 Å². The predicted molar refractivity (Wildman–Crippen MR) is 144 cm³/mol. The number of hydrogen-bond acceptors (Lipinski definition) is 6. The maximum Gasteiger partial charge on any atom is 0.271 e. The standard InChI is InChI=1S/C30H32N4O5/c1-39-28-12-6-10-22-21(28)15-24(32-22)30(38)34-17-20(18-7-3-2-4-8-18)14-25(34)29(37)33-23(27(36)16-31)13-19-9-5-11-26(19)35/h2-4,6-8,10,12,15,19-20,23,25,27,32,36H,5,9,11,13-14,17H2,1H3,(H,33,37). The molecule has 1 aliphatic heterocycles. The highest BCUT2D eigenvalue weighted by Crippen LogP contribution is 2.34. The molecule has 1 saturated carbocycles. The predicted octanol–water partition coefficient (Wildman–Crippen LogP) is 3.30. The summed E-state index contributed by atoms with van der Waals surface area (Å²) in [4.78, 5) is 44.5. The van der Waals surface area contributed by atoms with Crippen LogP contribution in [0, 0.1) is 17.2 Å². The van der Waals surface area contributed by atoms with E-state index in [1.807, 2.05) is 48.5 Å². The van der Waals surface area contributed by atoms with Crippen LogP contribution >= 0.6 is 0 Å². The molecule has 2 aliphatic rings. The van der Waals surface area contributed by atoms with E-state index in [9.17, 15) is 24.8 Å². The number of carbonyl (C=O) groups excluding carboxylic acids is 3. The van der Waals surface area contributed by atoms with Gasteiger partial charge in [-0.1, -0.05) is 36.4 Å². The number of Topliss-reactive ketones (excluding diaryl/α,β-unsaturated/α-hetero) is 1. The van der Waals surface area contributed by atoms with Crippen molar-refractivity contribution >= 4 is 28.5 Å². The lowest BCUT2D eigenvalue weighted by molar-refractivity contribution is -0.127. The average molecular weight is 529 g/mol. The summed E-state index contributed by atoms with van der Waals surface area (Å²) in [5.41, 5.74) is 2.11. The highest BCUT2D eigenvalue weighted by molar-refractivity contribution is 6.02. The van der Waals surface area contributed by atoms with Crippen LogP contribution < -0.4 is 10.1 Å². The topological polar surface area (TPSA) is 136 Å². The minimum absolute atomic E-state index is 0.0689. The Bertz CT molecular complexity index is 1410. The van der Waals surface area contributed by atoms with Gasteiger partial charge in [-0.05, 0) is 49.4 Å². The number of rotatable bonds is 8. The Morgan fingerprint density at radius 3 is 2.72 bits per heavy atom. The number of nitrogens with one attached hydrogen (secondary N) is 2. The van der Waals surface area contributed by atoms with Gasteiger partial charge in [0.15, 0.2) is 6.10 Å². The Labute approximate surface area is 226 Å². The van der Waals surface area contributed by atoms with Crippen molar-refractivity contribution in [1.29, 1.82) is 5.26 Å². The van der Waals surface area contributed by atoms with Crippen LogP contribution in [0.25, 0.3) is 10.9 Å². The van der Waals surface area contributed by atoms with E-state index in [1.165, 1.54) is 0 Å². The number of aromatic amines is 1. The molecule has 5 unspecified atom stereocenters. The molecule has 9 heteroatoms. The number of nitriles is 1. The molecule has 2 heterocycles. The lowest BCUT2D eigenvalue weighted by Crippen LogP contribution is -2.52. The Morgan fingerprint density at radius 2 is 2.03 bits per heavy atom. The first-order chi connectivity index (χ1) is 18.9. The molecule has 1 saturated heterocycles. The summed E-state index contributed by atoms with van der Waals surface area (Å²) in [6.45, 7) is 0.333. The SMILES string of the molecule is COc1cccc2[nH]c(C(=O)N3CC(c4ccccc4)CC3C(=O)NC(CC3CCCC3=O)C(O)C#N)cc12. The van der Waals surface area contributed by atoms with Crippen LogP contribution in [0.4, 0.5) is 0 Å². The second-order valence-electron chi connectivity index (χ2n) is 10.4. The van der Waals surface area contributed by atoms with E-state index in [1.54, 1.807) is 24.1 Å². The largest absolute Gasteiger partial charge is 0.496 e. The molecule has 202 valence electrons. The molecule has 5 rings (SSSR count). The average Bonchev–Trinajstić information content (AvgIpc) is 3.70. The van der Waals surface area contributed by atoms with Gasteiger partial charge in [0.05, 0.1) is 19.2 Å². The lowest BCUT2D eigenvalue weighted by Gasteiger charge is -2.28. The van der Waals surface area contributed by atoms with Crippen molar-refractivity contribution in [2.45, 2.75) is 56.2 Å². The number of carbonyl (C=O) groups is 3. The molecule has 2 fully saturated rings. The first-order valence-electron chi connectivity index (χ1n) is 13.3. The number of benzene rings is 2. The lowest BCUT2D eigenvalue weighted by atomic mass is 9.93. The Balaban J connectivity index is 1.42. The fraction of sp³-hybridized carbons (Fsp3) is 0.400. The third-order valence-electron chi connectivity index (χ3n) is 8.02. The van der Waals surface area contributed by atoms with Crippen molar-refractivity contribution < 1.29 is 24.2 Å². The van der Waals surface area contributed by atoms with E-state index >= 15 is 0 Å². The van der Waals surface area contributed by atoms with Crippen LogP contribution in [0.5, 0.6) is 5.75 Å². The van der Waals surface area contributed by atoms with Gasteiger partial charge in [0.1, 0.15) is 23.3 Å². The maximum absolute atomic E-state index is 13.8. The van der Waals surface area contributed by atoms with Crippen LogP contribution in [0.3, 0.4) is 0 Å². The van der Waals surface area contributed by atoms with Gasteiger partial charge >= 0.3 is 0 Å². The van der Waals surface area contributed by atoms with Crippen LogP contribution in [-0.2, 0) is 9.59 Å². The molecule has 9 nitrogen and oxygen atoms in total. The summed E-state index contributed by atoms with van der Waals surface area (Å²) in [5, 5.41) is 23.4. The summed E-state index contributed by atoms with van der Waals surface area (Å²) in [7, 11) is 1.57. The van der Waals surface area contributed by atoms with Gasteiger partial charge in [-0.15, -0.1) is 0 Å². The number of methoxy groups -OCH3 is 1. The van der Waals surface area contributed by atoms with E-state index in [0.29, 0.717) is 37.3 Å². The van der Waals surface area contributed by atoms with Crippen molar-refractivity contribution in [3.8, 4) is 11.8 Å². The van der Waals surface area contributed by atoms with Crippen LogP contribution in [0.2, 0.25) is 0 Å². The molecule has 3 aromatic rings. The number of amides is 2.